The predicted octanol–water partition coefficient (Wildman–Crippen LogP) is 1.34. The van der Waals surface area contributed by atoms with Gasteiger partial charge in [0.25, 0.3) is 0 Å². The normalized spacial score (nSPS) is 17.2. The van der Waals surface area contributed by atoms with Crippen LogP contribution < -0.4 is 0 Å². The third kappa shape index (κ3) is 2.97. The van der Waals surface area contributed by atoms with Gasteiger partial charge in [0, 0.05) is 0 Å². The topological polar surface area (TPSA) is 57.7 Å². The van der Waals surface area contributed by atoms with Crippen molar-refractivity contribution >= 4 is 11.8 Å². The Morgan fingerprint density at radius 1 is 1.38 bits per heavy atom. The van der Waals surface area contributed by atoms with Crippen molar-refractivity contribution in [2.24, 2.45) is 0 Å². The fraction of sp³-hybridized carbons (Fsp3) is 0.700. The van der Waals surface area contributed by atoms with Gasteiger partial charge in [0.15, 0.2) is 5.16 Å². The van der Waals surface area contributed by atoms with Crippen LogP contribution in [0.3, 0.4) is 0 Å². The molecule has 1 aromatic heterocycles. The molecule has 0 aliphatic carbocycles. The first-order valence-electron chi connectivity index (χ1n) is 5.50. The quantitative estimate of drug-likeness (QED) is 0.740. The molecule has 1 aliphatic heterocycles. The van der Waals surface area contributed by atoms with E-state index < -0.39 is 0 Å². The largest absolute Gasteiger partial charge is 0.284 e. The molecular formula is C10H15N5S. The molecule has 5 nitrogen and oxygen atoms in total. The molecule has 0 atom stereocenters. The van der Waals surface area contributed by atoms with E-state index in [2.05, 4.69) is 21.1 Å². The van der Waals surface area contributed by atoms with Crippen LogP contribution in [0.15, 0.2) is 11.5 Å². The Hall–Kier alpha value is -1.06. The lowest BCUT2D eigenvalue weighted by atomic mass is 10.1. The zero-order valence-corrected chi connectivity index (χ0v) is 9.99. The molecule has 2 heterocycles. The molecule has 0 radical (unpaired) electrons. The molecule has 1 aromatic rings. The van der Waals surface area contributed by atoms with Gasteiger partial charge in [-0.3, -0.25) is 4.90 Å². The Balaban J connectivity index is 1.92. The number of nitriles is 1. The highest BCUT2D eigenvalue weighted by molar-refractivity contribution is 7.99. The van der Waals surface area contributed by atoms with E-state index in [1.54, 1.807) is 6.33 Å². The molecule has 6 heteroatoms. The highest BCUT2D eigenvalue weighted by Gasteiger charge is 2.13. The van der Waals surface area contributed by atoms with E-state index in [1.165, 1.54) is 31.0 Å². The zero-order valence-electron chi connectivity index (χ0n) is 9.17. The van der Waals surface area contributed by atoms with Crippen molar-refractivity contribution < 1.29 is 0 Å². The third-order valence-electron chi connectivity index (χ3n) is 2.63. The number of piperidine rings is 1. The van der Waals surface area contributed by atoms with Gasteiger partial charge >= 0.3 is 0 Å². The number of rotatable bonds is 4. The van der Waals surface area contributed by atoms with Crippen molar-refractivity contribution in [3.63, 3.8) is 0 Å². The van der Waals surface area contributed by atoms with Crippen molar-refractivity contribution in [2.75, 3.05) is 18.8 Å². The van der Waals surface area contributed by atoms with Gasteiger partial charge in [0.05, 0.1) is 18.5 Å². The molecule has 0 bridgehead atoms. The number of likely N-dealkylation sites (tertiary alicyclic amines) is 1. The molecular weight excluding hydrogens is 222 g/mol. The summed E-state index contributed by atoms with van der Waals surface area (Å²) in [5.74, 6) is 0.429. The van der Waals surface area contributed by atoms with Gasteiger partial charge in [-0.15, -0.1) is 0 Å². The lowest BCUT2D eigenvalue weighted by molar-refractivity contribution is 0.166. The maximum Gasteiger partial charge on any atom is 0.188 e. The smallest absolute Gasteiger partial charge is 0.188 e. The first kappa shape index (κ1) is 11.4. The Labute approximate surface area is 99.4 Å². The van der Waals surface area contributed by atoms with E-state index in [-0.39, 0.29) is 0 Å². The molecule has 0 aromatic carbocycles. The summed E-state index contributed by atoms with van der Waals surface area (Å²) in [5, 5.41) is 13.6. The second-order valence-corrected chi connectivity index (χ2v) is 4.75. The number of hydrogen-bond donors (Lipinski definition) is 0. The number of aromatic nitrogens is 3. The summed E-state index contributed by atoms with van der Waals surface area (Å²) in [4.78, 5) is 6.54. The number of hydrogen-bond acceptors (Lipinski definition) is 5. The van der Waals surface area contributed by atoms with Crippen LogP contribution in [-0.4, -0.2) is 38.5 Å². The number of nitrogens with zero attached hydrogens (tertiary/aromatic N) is 5. The van der Waals surface area contributed by atoms with Crippen LogP contribution in [0.1, 0.15) is 19.3 Å². The van der Waals surface area contributed by atoms with Gasteiger partial charge in [-0.05, 0) is 25.9 Å². The summed E-state index contributed by atoms with van der Waals surface area (Å²) >= 11 is 1.44. The van der Waals surface area contributed by atoms with Crippen LogP contribution in [0.2, 0.25) is 0 Å². The fourth-order valence-corrected chi connectivity index (χ4v) is 2.42. The molecule has 0 N–H and O–H groups in total. The molecule has 0 spiro atoms. The van der Waals surface area contributed by atoms with Crippen molar-refractivity contribution in [1.82, 2.24) is 19.7 Å². The Morgan fingerprint density at radius 2 is 2.19 bits per heavy atom. The van der Waals surface area contributed by atoms with Gasteiger partial charge < -0.3 is 0 Å². The second kappa shape index (κ2) is 5.87. The van der Waals surface area contributed by atoms with Gasteiger partial charge in [-0.1, -0.05) is 18.2 Å². The van der Waals surface area contributed by atoms with Crippen LogP contribution in [-0.2, 0) is 6.67 Å². The summed E-state index contributed by atoms with van der Waals surface area (Å²) in [6, 6.07) is 2.11. The maximum atomic E-state index is 8.54. The third-order valence-corrected chi connectivity index (χ3v) is 3.48. The Bertz CT molecular complexity index is 364. The Kier molecular flexibility index (Phi) is 4.19. The molecule has 0 unspecified atom stereocenters. The van der Waals surface area contributed by atoms with Gasteiger partial charge in [-0.2, -0.15) is 10.4 Å². The minimum Gasteiger partial charge on any atom is -0.284 e. The average molecular weight is 237 g/mol. The van der Waals surface area contributed by atoms with Crippen LogP contribution in [0.5, 0.6) is 0 Å². The number of thioether (sulfide) groups is 1. The van der Waals surface area contributed by atoms with E-state index in [4.69, 9.17) is 5.26 Å². The monoisotopic (exact) mass is 237 g/mol. The zero-order chi connectivity index (χ0) is 11.2. The lowest BCUT2D eigenvalue weighted by Crippen LogP contribution is -2.32. The van der Waals surface area contributed by atoms with Crippen molar-refractivity contribution in [2.45, 2.75) is 31.1 Å². The van der Waals surface area contributed by atoms with E-state index in [0.29, 0.717) is 5.75 Å². The minimum absolute atomic E-state index is 0.429. The van der Waals surface area contributed by atoms with E-state index in [1.807, 2.05) is 4.68 Å². The Morgan fingerprint density at radius 3 is 2.94 bits per heavy atom. The second-order valence-electron chi connectivity index (χ2n) is 3.81. The average Bonchev–Trinajstić information content (AvgIpc) is 2.75. The standard InChI is InChI=1S/C10H15N5S/c11-4-7-16-10-12-8-13-15(10)9-14-5-2-1-3-6-14/h8H,1-3,5-7,9H2. The molecule has 2 rings (SSSR count). The molecule has 1 saturated heterocycles. The van der Waals surface area contributed by atoms with Gasteiger partial charge in [0.1, 0.15) is 6.33 Å². The van der Waals surface area contributed by atoms with Gasteiger partial charge in [-0.25, -0.2) is 9.67 Å². The fourth-order valence-electron chi connectivity index (χ4n) is 1.85. The maximum absolute atomic E-state index is 8.54. The summed E-state index contributed by atoms with van der Waals surface area (Å²) in [6.07, 6.45) is 5.44. The molecule has 1 fully saturated rings. The highest BCUT2D eigenvalue weighted by Crippen LogP contribution is 2.15. The van der Waals surface area contributed by atoms with E-state index >= 15 is 0 Å². The van der Waals surface area contributed by atoms with Crippen LogP contribution >= 0.6 is 11.8 Å². The van der Waals surface area contributed by atoms with Crippen LogP contribution in [0.25, 0.3) is 0 Å². The minimum atomic E-state index is 0.429. The van der Waals surface area contributed by atoms with Gasteiger partial charge in [0.2, 0.25) is 0 Å². The molecule has 0 amide bonds. The first-order valence-corrected chi connectivity index (χ1v) is 6.48. The van der Waals surface area contributed by atoms with Crippen molar-refractivity contribution in [1.29, 1.82) is 5.26 Å². The summed E-state index contributed by atoms with van der Waals surface area (Å²) in [5.41, 5.74) is 0. The molecule has 0 saturated carbocycles. The van der Waals surface area contributed by atoms with Crippen LogP contribution in [0, 0.1) is 11.3 Å². The predicted molar refractivity (Wildman–Crippen MR) is 61.8 cm³/mol. The summed E-state index contributed by atoms with van der Waals surface area (Å²) in [7, 11) is 0. The van der Waals surface area contributed by atoms with E-state index in [0.717, 1.165) is 24.9 Å². The highest BCUT2D eigenvalue weighted by atomic mass is 32.2. The molecule has 16 heavy (non-hydrogen) atoms. The summed E-state index contributed by atoms with van der Waals surface area (Å²) in [6.45, 7) is 3.08. The van der Waals surface area contributed by atoms with E-state index in [9.17, 15) is 0 Å². The summed E-state index contributed by atoms with van der Waals surface area (Å²) < 4.78 is 1.88. The van der Waals surface area contributed by atoms with Crippen LogP contribution in [0.4, 0.5) is 0 Å². The first-order chi connectivity index (χ1) is 7.90. The molecule has 1 aliphatic rings. The molecule has 86 valence electrons. The SMILES string of the molecule is N#CCSc1ncnn1CN1CCCCC1. The lowest BCUT2D eigenvalue weighted by Gasteiger charge is -2.26. The van der Waals surface area contributed by atoms with Crippen molar-refractivity contribution in [3.05, 3.63) is 6.33 Å². The van der Waals surface area contributed by atoms with Crippen molar-refractivity contribution in [3.8, 4) is 6.07 Å².